The molecule has 1 fully saturated rings. The number of carbonyl (C=O) groups excluding carboxylic acids is 1. The molecule has 1 atom stereocenters. The van der Waals surface area contributed by atoms with E-state index in [1.165, 1.54) is 4.90 Å². The van der Waals surface area contributed by atoms with Gasteiger partial charge in [0.05, 0.1) is 11.6 Å². The Kier molecular flexibility index (Phi) is 6.20. The molecule has 1 aliphatic rings. The highest BCUT2D eigenvalue weighted by Gasteiger charge is 2.45. The van der Waals surface area contributed by atoms with Crippen LogP contribution >= 0.6 is 0 Å². The average molecular weight is 317 g/mol. The third-order valence-corrected chi connectivity index (χ3v) is 4.97. The smallest absolute Gasteiger partial charge is 0.408 e. The first-order valence-electron chi connectivity index (χ1n) is 8.64. The van der Waals surface area contributed by atoms with E-state index < -0.39 is 17.7 Å². The van der Waals surface area contributed by atoms with Gasteiger partial charge >= 0.3 is 6.09 Å². The minimum absolute atomic E-state index is 0.438. The van der Waals surface area contributed by atoms with E-state index in [0.717, 1.165) is 50.4 Å². The molecule has 1 aromatic carbocycles. The maximum absolute atomic E-state index is 12.0. The standard InChI is InChI=1S/C19H27NO3/c1-2-3-11-17(15-21)20(18(22)23)19(12-7-8-13-19)14-16-9-5-4-6-10-16/h4-6,9-10,15,17H,2-3,7-8,11-14H2,1H3,(H,22,23)/t17-/m0/s1. The van der Waals surface area contributed by atoms with Crippen LogP contribution in [0.5, 0.6) is 0 Å². The highest BCUT2D eigenvalue weighted by atomic mass is 16.4. The molecule has 2 rings (SSSR count). The van der Waals surface area contributed by atoms with E-state index in [2.05, 4.69) is 6.92 Å². The Bertz CT molecular complexity index is 509. The first-order chi connectivity index (χ1) is 11.1. The lowest BCUT2D eigenvalue weighted by molar-refractivity contribution is -0.114. The van der Waals surface area contributed by atoms with Crippen molar-refractivity contribution in [3.8, 4) is 0 Å². The van der Waals surface area contributed by atoms with E-state index in [4.69, 9.17) is 0 Å². The highest BCUT2D eigenvalue weighted by molar-refractivity contribution is 5.73. The molecule has 4 nitrogen and oxygen atoms in total. The van der Waals surface area contributed by atoms with Crippen LogP contribution in [-0.4, -0.2) is 34.0 Å². The Balaban J connectivity index is 2.30. The topological polar surface area (TPSA) is 57.6 Å². The molecule has 23 heavy (non-hydrogen) atoms. The summed E-state index contributed by atoms with van der Waals surface area (Å²) in [6.45, 7) is 2.06. The van der Waals surface area contributed by atoms with Gasteiger partial charge < -0.3 is 9.90 Å². The molecule has 1 amide bonds. The zero-order chi connectivity index (χ0) is 16.7. The van der Waals surface area contributed by atoms with Crippen molar-refractivity contribution in [1.82, 2.24) is 4.90 Å². The monoisotopic (exact) mass is 317 g/mol. The molecule has 0 heterocycles. The molecule has 0 spiro atoms. The van der Waals surface area contributed by atoms with Crippen LogP contribution in [0.1, 0.15) is 57.4 Å². The Morgan fingerprint density at radius 3 is 2.48 bits per heavy atom. The van der Waals surface area contributed by atoms with Crippen LogP contribution < -0.4 is 0 Å². The second-order valence-electron chi connectivity index (χ2n) is 6.59. The van der Waals surface area contributed by atoms with Gasteiger partial charge in [0.1, 0.15) is 6.29 Å². The fourth-order valence-corrected chi connectivity index (χ4v) is 3.88. The Morgan fingerprint density at radius 1 is 1.30 bits per heavy atom. The second-order valence-corrected chi connectivity index (χ2v) is 6.59. The minimum atomic E-state index is -0.962. The molecule has 0 aliphatic heterocycles. The van der Waals surface area contributed by atoms with Gasteiger partial charge in [0.15, 0.2) is 0 Å². The Labute approximate surface area is 138 Å². The first kappa shape index (κ1) is 17.5. The van der Waals surface area contributed by atoms with E-state index in [9.17, 15) is 14.7 Å². The van der Waals surface area contributed by atoms with Gasteiger partial charge in [-0.2, -0.15) is 0 Å². The largest absolute Gasteiger partial charge is 0.465 e. The summed E-state index contributed by atoms with van der Waals surface area (Å²) in [4.78, 5) is 25.1. The first-order valence-corrected chi connectivity index (χ1v) is 8.64. The van der Waals surface area contributed by atoms with Crippen LogP contribution in [0.3, 0.4) is 0 Å². The van der Waals surface area contributed by atoms with Crippen LogP contribution in [0.2, 0.25) is 0 Å². The SMILES string of the molecule is CCCC[C@@H](C=O)N(C(=O)O)C1(Cc2ccccc2)CCCC1. The van der Waals surface area contributed by atoms with Crippen molar-refractivity contribution in [1.29, 1.82) is 0 Å². The molecule has 0 saturated heterocycles. The van der Waals surface area contributed by atoms with Crippen LogP contribution in [0.4, 0.5) is 4.79 Å². The fourth-order valence-electron chi connectivity index (χ4n) is 3.88. The number of hydrogen-bond donors (Lipinski definition) is 1. The predicted molar refractivity (Wildman–Crippen MR) is 90.6 cm³/mol. The summed E-state index contributed by atoms with van der Waals surface area (Å²) in [5, 5.41) is 9.84. The summed E-state index contributed by atoms with van der Waals surface area (Å²) in [5.41, 5.74) is 0.702. The number of rotatable bonds is 8. The van der Waals surface area contributed by atoms with Crippen molar-refractivity contribution in [2.75, 3.05) is 0 Å². The van der Waals surface area contributed by atoms with Gasteiger partial charge in [0.25, 0.3) is 0 Å². The lowest BCUT2D eigenvalue weighted by Crippen LogP contribution is -2.56. The van der Waals surface area contributed by atoms with E-state index in [0.29, 0.717) is 12.8 Å². The maximum atomic E-state index is 12.0. The summed E-state index contributed by atoms with van der Waals surface area (Å²) in [6.07, 6.45) is 6.73. The lowest BCUT2D eigenvalue weighted by atomic mass is 9.85. The van der Waals surface area contributed by atoms with Crippen LogP contribution in [-0.2, 0) is 11.2 Å². The third kappa shape index (κ3) is 4.12. The molecular formula is C19H27NO3. The summed E-state index contributed by atoms with van der Waals surface area (Å²) >= 11 is 0. The minimum Gasteiger partial charge on any atom is -0.465 e. The molecule has 0 radical (unpaired) electrons. The molecule has 0 unspecified atom stereocenters. The van der Waals surface area contributed by atoms with Gasteiger partial charge in [0, 0.05) is 0 Å². The normalized spacial score (nSPS) is 17.6. The van der Waals surface area contributed by atoms with Gasteiger partial charge in [-0.1, -0.05) is 62.9 Å². The zero-order valence-electron chi connectivity index (χ0n) is 13.9. The quantitative estimate of drug-likeness (QED) is 0.728. The lowest BCUT2D eigenvalue weighted by Gasteiger charge is -2.43. The zero-order valence-corrected chi connectivity index (χ0v) is 13.9. The number of unbranched alkanes of at least 4 members (excludes halogenated alkanes) is 1. The van der Waals surface area contributed by atoms with E-state index in [-0.39, 0.29) is 0 Å². The molecule has 0 aromatic heterocycles. The molecule has 0 bridgehead atoms. The van der Waals surface area contributed by atoms with Crippen molar-refractivity contribution < 1.29 is 14.7 Å². The summed E-state index contributed by atoms with van der Waals surface area (Å²) in [5.74, 6) is 0. The number of aldehydes is 1. The number of benzene rings is 1. The number of carboxylic acid groups (broad SMARTS) is 1. The van der Waals surface area contributed by atoms with Crippen molar-refractivity contribution >= 4 is 12.4 Å². The number of carbonyl (C=O) groups is 2. The predicted octanol–water partition coefficient (Wildman–Crippen LogP) is 4.28. The van der Waals surface area contributed by atoms with Crippen molar-refractivity contribution in [3.05, 3.63) is 35.9 Å². The summed E-state index contributed by atoms with van der Waals surface area (Å²) < 4.78 is 0. The molecule has 1 N–H and O–H groups in total. The van der Waals surface area contributed by atoms with E-state index >= 15 is 0 Å². The molecule has 4 heteroatoms. The average Bonchev–Trinajstić information content (AvgIpc) is 3.00. The third-order valence-electron chi connectivity index (χ3n) is 4.97. The number of hydrogen-bond acceptors (Lipinski definition) is 2. The van der Waals surface area contributed by atoms with Crippen LogP contribution in [0, 0.1) is 0 Å². The van der Waals surface area contributed by atoms with E-state index in [1.54, 1.807) is 0 Å². The highest BCUT2D eigenvalue weighted by Crippen LogP contribution is 2.40. The maximum Gasteiger partial charge on any atom is 0.408 e. The molecule has 1 aliphatic carbocycles. The van der Waals surface area contributed by atoms with Crippen molar-refractivity contribution in [2.45, 2.75) is 69.9 Å². The second kappa shape index (κ2) is 8.14. The van der Waals surface area contributed by atoms with Gasteiger partial charge in [-0.05, 0) is 31.2 Å². The van der Waals surface area contributed by atoms with Gasteiger partial charge in [0.2, 0.25) is 0 Å². The Hall–Kier alpha value is -1.84. The number of nitrogens with zero attached hydrogens (tertiary/aromatic N) is 1. The fraction of sp³-hybridized carbons (Fsp3) is 0.579. The summed E-state index contributed by atoms with van der Waals surface area (Å²) in [7, 11) is 0. The Morgan fingerprint density at radius 2 is 1.96 bits per heavy atom. The van der Waals surface area contributed by atoms with Crippen molar-refractivity contribution in [3.63, 3.8) is 0 Å². The number of amides is 1. The van der Waals surface area contributed by atoms with Gasteiger partial charge in [-0.15, -0.1) is 0 Å². The molecular weight excluding hydrogens is 290 g/mol. The van der Waals surface area contributed by atoms with Crippen LogP contribution in [0.25, 0.3) is 0 Å². The summed E-state index contributed by atoms with van der Waals surface area (Å²) in [6, 6.07) is 9.49. The van der Waals surface area contributed by atoms with E-state index in [1.807, 2.05) is 30.3 Å². The van der Waals surface area contributed by atoms with Gasteiger partial charge in [-0.3, -0.25) is 4.90 Å². The van der Waals surface area contributed by atoms with Crippen molar-refractivity contribution in [2.24, 2.45) is 0 Å². The molecule has 126 valence electrons. The van der Waals surface area contributed by atoms with Gasteiger partial charge in [-0.25, -0.2) is 4.79 Å². The molecule has 1 saturated carbocycles. The molecule has 1 aromatic rings. The van der Waals surface area contributed by atoms with Crippen LogP contribution in [0.15, 0.2) is 30.3 Å².